The van der Waals surface area contributed by atoms with Gasteiger partial charge in [-0.3, -0.25) is 0 Å². The Morgan fingerprint density at radius 2 is 1.17 bits per heavy atom. The molecule has 3 rings (SSSR count). The lowest BCUT2D eigenvalue weighted by atomic mass is 9.97. The van der Waals surface area contributed by atoms with Crippen LogP contribution < -0.4 is 11.5 Å². The smallest absolute Gasteiger partial charge is 0.0184 e. The van der Waals surface area contributed by atoms with E-state index >= 15 is 0 Å². The van der Waals surface area contributed by atoms with Crippen molar-refractivity contribution in [2.24, 2.45) is 11.5 Å². The molecule has 2 nitrogen and oxygen atoms in total. The van der Waals surface area contributed by atoms with Crippen LogP contribution in [0.4, 0.5) is 0 Å². The molecule has 3 aromatic carbocycles. The first kappa shape index (κ1) is 11.2. The van der Waals surface area contributed by atoms with Crippen LogP contribution in [-0.2, 0) is 13.1 Å². The molecule has 0 atom stereocenters. The molecule has 4 N–H and O–H groups in total. The number of hydrogen-bond acceptors (Lipinski definition) is 2. The summed E-state index contributed by atoms with van der Waals surface area (Å²) in [6.07, 6.45) is 0. The third-order valence-electron chi connectivity index (χ3n) is 3.50. The summed E-state index contributed by atoms with van der Waals surface area (Å²) in [6.45, 7) is 1.13. The Morgan fingerprint density at radius 3 is 1.61 bits per heavy atom. The van der Waals surface area contributed by atoms with E-state index in [0.29, 0.717) is 13.1 Å². The first-order chi connectivity index (χ1) is 8.83. The summed E-state index contributed by atoms with van der Waals surface area (Å²) in [5.41, 5.74) is 14.0. The molecule has 0 saturated carbocycles. The van der Waals surface area contributed by atoms with Crippen LogP contribution in [0.2, 0.25) is 0 Å². The Labute approximate surface area is 106 Å². The van der Waals surface area contributed by atoms with Gasteiger partial charge in [0.25, 0.3) is 0 Å². The SMILES string of the molecule is NCc1cccc2cc3cccc(CN)c3cc12. The summed E-state index contributed by atoms with van der Waals surface area (Å²) in [7, 11) is 0. The van der Waals surface area contributed by atoms with Gasteiger partial charge in [-0.1, -0.05) is 36.4 Å². The highest BCUT2D eigenvalue weighted by atomic mass is 14.5. The van der Waals surface area contributed by atoms with E-state index in [2.05, 4.69) is 48.5 Å². The third kappa shape index (κ3) is 1.67. The van der Waals surface area contributed by atoms with Gasteiger partial charge in [0.2, 0.25) is 0 Å². The van der Waals surface area contributed by atoms with Crippen LogP contribution in [0.1, 0.15) is 11.1 Å². The fourth-order valence-electron chi connectivity index (χ4n) is 2.54. The largest absolute Gasteiger partial charge is 0.326 e. The molecule has 0 saturated heterocycles. The first-order valence-electron chi connectivity index (χ1n) is 6.17. The minimum absolute atomic E-state index is 0.563. The van der Waals surface area contributed by atoms with E-state index in [1.165, 1.54) is 32.7 Å². The van der Waals surface area contributed by atoms with Gasteiger partial charge >= 0.3 is 0 Å². The fourth-order valence-corrected chi connectivity index (χ4v) is 2.54. The second kappa shape index (κ2) is 4.41. The lowest BCUT2D eigenvalue weighted by molar-refractivity contribution is 1.08. The van der Waals surface area contributed by atoms with E-state index in [-0.39, 0.29) is 0 Å². The molecule has 0 fully saturated rings. The molecule has 2 heteroatoms. The van der Waals surface area contributed by atoms with Crippen LogP contribution in [0, 0.1) is 0 Å². The summed E-state index contributed by atoms with van der Waals surface area (Å²) >= 11 is 0. The quantitative estimate of drug-likeness (QED) is 0.672. The average Bonchev–Trinajstić information content (AvgIpc) is 2.43. The second-order valence-electron chi connectivity index (χ2n) is 4.54. The van der Waals surface area contributed by atoms with E-state index in [1.54, 1.807) is 0 Å². The summed E-state index contributed by atoms with van der Waals surface area (Å²) in [5.74, 6) is 0. The number of rotatable bonds is 2. The van der Waals surface area contributed by atoms with Crippen LogP contribution in [-0.4, -0.2) is 0 Å². The molecule has 0 heterocycles. The van der Waals surface area contributed by atoms with E-state index in [4.69, 9.17) is 11.5 Å². The van der Waals surface area contributed by atoms with E-state index in [1.807, 2.05) is 0 Å². The highest BCUT2D eigenvalue weighted by molar-refractivity contribution is 6.00. The highest BCUT2D eigenvalue weighted by Gasteiger charge is 2.04. The van der Waals surface area contributed by atoms with Crippen molar-refractivity contribution in [3.8, 4) is 0 Å². The molecule has 0 aromatic heterocycles. The maximum atomic E-state index is 5.81. The summed E-state index contributed by atoms with van der Waals surface area (Å²) in [4.78, 5) is 0. The zero-order chi connectivity index (χ0) is 12.5. The molecule has 18 heavy (non-hydrogen) atoms. The summed E-state index contributed by atoms with van der Waals surface area (Å²) in [5, 5.41) is 4.93. The van der Waals surface area contributed by atoms with Crippen molar-refractivity contribution < 1.29 is 0 Å². The molecule has 0 aliphatic rings. The van der Waals surface area contributed by atoms with Crippen molar-refractivity contribution in [1.82, 2.24) is 0 Å². The lowest BCUT2D eigenvalue weighted by Gasteiger charge is -2.09. The Bertz CT molecular complexity index is 658. The molecule has 0 spiro atoms. The standard InChI is InChI=1S/C16H16N2/c17-9-13-5-1-3-11-7-12-4-2-6-14(10-18)16(12)8-15(11)13/h1-8H,9-10,17-18H2. The molecule has 0 radical (unpaired) electrons. The molecule has 0 bridgehead atoms. The maximum absolute atomic E-state index is 5.81. The predicted molar refractivity (Wildman–Crippen MR) is 77.2 cm³/mol. The molecule has 0 amide bonds. The topological polar surface area (TPSA) is 52.0 Å². The van der Waals surface area contributed by atoms with Crippen molar-refractivity contribution in [2.45, 2.75) is 13.1 Å². The van der Waals surface area contributed by atoms with E-state index in [9.17, 15) is 0 Å². The minimum atomic E-state index is 0.563. The summed E-state index contributed by atoms with van der Waals surface area (Å²) < 4.78 is 0. The van der Waals surface area contributed by atoms with Crippen LogP contribution in [0.5, 0.6) is 0 Å². The lowest BCUT2D eigenvalue weighted by Crippen LogP contribution is -1.99. The number of nitrogens with two attached hydrogens (primary N) is 2. The van der Waals surface area contributed by atoms with Crippen molar-refractivity contribution in [3.63, 3.8) is 0 Å². The normalized spacial score (nSPS) is 11.2. The van der Waals surface area contributed by atoms with Crippen LogP contribution >= 0.6 is 0 Å². The fraction of sp³-hybridized carbons (Fsp3) is 0.125. The maximum Gasteiger partial charge on any atom is 0.0184 e. The Balaban J connectivity index is 2.44. The third-order valence-corrected chi connectivity index (χ3v) is 3.50. The predicted octanol–water partition coefficient (Wildman–Crippen LogP) is 2.91. The van der Waals surface area contributed by atoms with Gasteiger partial charge in [0.05, 0.1) is 0 Å². The van der Waals surface area contributed by atoms with Crippen LogP contribution in [0.25, 0.3) is 21.5 Å². The minimum Gasteiger partial charge on any atom is -0.326 e. The highest BCUT2D eigenvalue weighted by Crippen LogP contribution is 2.27. The molecular weight excluding hydrogens is 220 g/mol. The molecule has 0 aliphatic heterocycles. The van der Waals surface area contributed by atoms with E-state index in [0.717, 1.165) is 0 Å². The van der Waals surface area contributed by atoms with Crippen molar-refractivity contribution in [1.29, 1.82) is 0 Å². The number of benzene rings is 3. The van der Waals surface area contributed by atoms with Gasteiger partial charge in [-0.2, -0.15) is 0 Å². The summed E-state index contributed by atoms with van der Waals surface area (Å²) in [6, 6.07) is 17.0. The van der Waals surface area contributed by atoms with Crippen LogP contribution in [0.15, 0.2) is 48.5 Å². The Kier molecular flexibility index (Phi) is 2.74. The first-order valence-corrected chi connectivity index (χ1v) is 6.17. The number of hydrogen-bond donors (Lipinski definition) is 2. The van der Waals surface area contributed by atoms with Crippen molar-refractivity contribution >= 4 is 21.5 Å². The van der Waals surface area contributed by atoms with Crippen LogP contribution in [0.3, 0.4) is 0 Å². The van der Waals surface area contributed by atoms with Crippen molar-refractivity contribution in [2.75, 3.05) is 0 Å². The van der Waals surface area contributed by atoms with Gasteiger partial charge in [0.15, 0.2) is 0 Å². The van der Waals surface area contributed by atoms with Gasteiger partial charge in [0.1, 0.15) is 0 Å². The second-order valence-corrected chi connectivity index (χ2v) is 4.54. The van der Waals surface area contributed by atoms with E-state index < -0.39 is 0 Å². The Morgan fingerprint density at radius 1 is 0.667 bits per heavy atom. The monoisotopic (exact) mass is 236 g/mol. The van der Waals surface area contributed by atoms with Crippen molar-refractivity contribution in [3.05, 3.63) is 59.7 Å². The van der Waals surface area contributed by atoms with Gasteiger partial charge in [-0.05, 0) is 44.8 Å². The average molecular weight is 236 g/mol. The molecule has 0 unspecified atom stereocenters. The zero-order valence-corrected chi connectivity index (χ0v) is 10.2. The molecule has 0 aliphatic carbocycles. The van der Waals surface area contributed by atoms with Gasteiger partial charge < -0.3 is 11.5 Å². The molecule has 90 valence electrons. The zero-order valence-electron chi connectivity index (χ0n) is 10.2. The van der Waals surface area contributed by atoms with Gasteiger partial charge in [-0.25, -0.2) is 0 Å². The van der Waals surface area contributed by atoms with Gasteiger partial charge in [0, 0.05) is 13.1 Å². The molecular formula is C16H16N2. The van der Waals surface area contributed by atoms with Gasteiger partial charge in [-0.15, -0.1) is 0 Å². The Hall–Kier alpha value is -1.90. The number of fused-ring (bicyclic) bond motifs is 2. The molecule has 3 aromatic rings.